The first-order valence-electron chi connectivity index (χ1n) is 4.84. The molecule has 0 bridgehead atoms. The van der Waals surface area contributed by atoms with Crippen LogP contribution in [0.25, 0.3) is 0 Å². The fourth-order valence-electron chi connectivity index (χ4n) is 1.30. The van der Waals surface area contributed by atoms with Crippen molar-refractivity contribution >= 4 is 23.1 Å². The van der Waals surface area contributed by atoms with Gasteiger partial charge in [-0.15, -0.1) is 0 Å². The van der Waals surface area contributed by atoms with Crippen LogP contribution in [0, 0.1) is 0 Å². The maximum absolute atomic E-state index is 9.93. The lowest BCUT2D eigenvalue weighted by atomic mass is 10.1. The first kappa shape index (κ1) is 12.2. The average Bonchev–Trinajstić information content (AvgIpc) is 2.15. The van der Waals surface area contributed by atoms with Gasteiger partial charge in [0.1, 0.15) is 0 Å². The minimum Gasteiger partial charge on any atom is -0.399 e. The minimum atomic E-state index is -0.690. The van der Waals surface area contributed by atoms with Crippen LogP contribution in [0.3, 0.4) is 0 Å². The van der Waals surface area contributed by atoms with Crippen molar-refractivity contribution in [1.82, 2.24) is 0 Å². The largest absolute Gasteiger partial charge is 0.399 e. The molecule has 0 heterocycles. The third kappa shape index (κ3) is 4.44. The lowest BCUT2D eigenvalue weighted by Crippen LogP contribution is -2.36. The molecule has 0 saturated carbocycles. The minimum absolute atomic E-state index is 0.525. The predicted molar refractivity (Wildman–Crippen MR) is 68.3 cm³/mol. The summed E-state index contributed by atoms with van der Waals surface area (Å²) < 4.78 is 0. The highest BCUT2D eigenvalue weighted by atomic mass is 32.2. The standard InChI is InChI=1S/C11H18N2OS/c1-11(14,8-15-2)7-13-10-5-3-4-9(12)6-10/h3-6,13-14H,7-8,12H2,1-2H3. The van der Waals surface area contributed by atoms with E-state index in [4.69, 9.17) is 5.73 Å². The van der Waals surface area contributed by atoms with Crippen molar-refractivity contribution in [2.75, 3.05) is 29.6 Å². The van der Waals surface area contributed by atoms with E-state index in [-0.39, 0.29) is 0 Å². The van der Waals surface area contributed by atoms with Gasteiger partial charge >= 0.3 is 0 Å². The van der Waals surface area contributed by atoms with Crippen LogP contribution in [0.4, 0.5) is 11.4 Å². The van der Waals surface area contributed by atoms with Gasteiger partial charge in [0.25, 0.3) is 0 Å². The van der Waals surface area contributed by atoms with E-state index in [1.165, 1.54) is 0 Å². The van der Waals surface area contributed by atoms with Crippen LogP contribution < -0.4 is 11.1 Å². The quantitative estimate of drug-likeness (QED) is 0.670. The van der Waals surface area contributed by atoms with E-state index in [9.17, 15) is 5.11 Å². The van der Waals surface area contributed by atoms with Crippen LogP contribution in [-0.2, 0) is 0 Å². The van der Waals surface area contributed by atoms with Crippen molar-refractivity contribution in [2.24, 2.45) is 0 Å². The second kappa shape index (κ2) is 5.28. The highest BCUT2D eigenvalue weighted by Crippen LogP contribution is 2.15. The highest BCUT2D eigenvalue weighted by molar-refractivity contribution is 7.98. The Morgan fingerprint density at radius 1 is 1.53 bits per heavy atom. The zero-order valence-electron chi connectivity index (χ0n) is 9.16. The summed E-state index contributed by atoms with van der Waals surface area (Å²) >= 11 is 1.63. The highest BCUT2D eigenvalue weighted by Gasteiger charge is 2.18. The molecule has 4 N–H and O–H groups in total. The van der Waals surface area contributed by atoms with Crippen LogP contribution in [0.15, 0.2) is 24.3 Å². The molecule has 0 aliphatic carbocycles. The summed E-state index contributed by atoms with van der Waals surface area (Å²) in [6.07, 6.45) is 1.98. The molecule has 1 unspecified atom stereocenters. The van der Waals surface area contributed by atoms with Crippen LogP contribution >= 0.6 is 11.8 Å². The van der Waals surface area contributed by atoms with Crippen molar-refractivity contribution < 1.29 is 5.11 Å². The van der Waals surface area contributed by atoms with Gasteiger partial charge in [0.15, 0.2) is 0 Å². The molecule has 15 heavy (non-hydrogen) atoms. The van der Waals surface area contributed by atoms with Gasteiger partial charge in [0.05, 0.1) is 5.60 Å². The number of benzene rings is 1. The molecule has 0 aromatic heterocycles. The van der Waals surface area contributed by atoms with Crippen molar-refractivity contribution in [3.63, 3.8) is 0 Å². The van der Waals surface area contributed by atoms with Crippen molar-refractivity contribution in [2.45, 2.75) is 12.5 Å². The molecule has 0 amide bonds. The summed E-state index contributed by atoms with van der Waals surface area (Å²) in [5.74, 6) is 0.711. The monoisotopic (exact) mass is 226 g/mol. The Labute approximate surface area is 95.1 Å². The van der Waals surface area contributed by atoms with E-state index in [1.807, 2.05) is 37.4 Å². The molecule has 1 aromatic rings. The second-order valence-electron chi connectivity index (χ2n) is 3.91. The van der Waals surface area contributed by atoms with Gasteiger partial charge in [-0.05, 0) is 31.4 Å². The SMILES string of the molecule is CSCC(C)(O)CNc1cccc(N)c1. The molecule has 84 valence electrons. The molecule has 1 atom stereocenters. The lowest BCUT2D eigenvalue weighted by Gasteiger charge is -2.23. The number of nitrogens with one attached hydrogen (secondary N) is 1. The molecule has 3 nitrogen and oxygen atoms in total. The third-order valence-electron chi connectivity index (χ3n) is 2.02. The maximum atomic E-state index is 9.93. The Hall–Kier alpha value is -0.870. The molecule has 1 aromatic carbocycles. The number of anilines is 2. The summed E-state index contributed by atoms with van der Waals surface area (Å²) in [6, 6.07) is 7.52. The van der Waals surface area contributed by atoms with E-state index >= 15 is 0 Å². The fourth-order valence-corrected chi connectivity index (χ4v) is 2.03. The Morgan fingerprint density at radius 3 is 2.87 bits per heavy atom. The topological polar surface area (TPSA) is 58.3 Å². The van der Waals surface area contributed by atoms with Gasteiger partial charge in [-0.25, -0.2) is 0 Å². The van der Waals surface area contributed by atoms with Gasteiger partial charge in [0, 0.05) is 23.7 Å². The number of rotatable bonds is 5. The Morgan fingerprint density at radius 2 is 2.27 bits per heavy atom. The Balaban J connectivity index is 2.49. The Bertz CT molecular complexity index is 315. The molecule has 0 radical (unpaired) electrons. The number of nitrogens with two attached hydrogens (primary N) is 1. The molecule has 1 rings (SSSR count). The van der Waals surface area contributed by atoms with Crippen molar-refractivity contribution in [3.8, 4) is 0 Å². The van der Waals surface area contributed by atoms with E-state index in [2.05, 4.69) is 5.32 Å². The van der Waals surface area contributed by atoms with Crippen molar-refractivity contribution in [1.29, 1.82) is 0 Å². The van der Waals surface area contributed by atoms with Crippen LogP contribution in [0.5, 0.6) is 0 Å². The van der Waals surface area contributed by atoms with Crippen LogP contribution in [0.1, 0.15) is 6.92 Å². The van der Waals surface area contributed by atoms with Crippen LogP contribution in [0.2, 0.25) is 0 Å². The summed E-state index contributed by atoms with van der Waals surface area (Å²) in [6.45, 7) is 2.35. The van der Waals surface area contributed by atoms with Gasteiger partial charge in [-0.1, -0.05) is 6.07 Å². The van der Waals surface area contributed by atoms with Crippen molar-refractivity contribution in [3.05, 3.63) is 24.3 Å². The van der Waals surface area contributed by atoms with Gasteiger partial charge in [-0.2, -0.15) is 11.8 Å². The van der Waals surface area contributed by atoms with Gasteiger partial charge < -0.3 is 16.2 Å². The van der Waals surface area contributed by atoms with E-state index in [1.54, 1.807) is 11.8 Å². The molecule has 0 fully saturated rings. The number of hydrogen-bond acceptors (Lipinski definition) is 4. The Kier molecular flexibility index (Phi) is 4.29. The van der Waals surface area contributed by atoms with Gasteiger partial charge in [0.2, 0.25) is 0 Å². The van der Waals surface area contributed by atoms with E-state index in [0.717, 1.165) is 11.4 Å². The molecule has 0 spiro atoms. The lowest BCUT2D eigenvalue weighted by molar-refractivity contribution is 0.0997. The van der Waals surface area contributed by atoms with E-state index in [0.29, 0.717) is 12.3 Å². The summed E-state index contributed by atoms with van der Waals surface area (Å²) in [5, 5.41) is 13.1. The molecule has 4 heteroatoms. The van der Waals surface area contributed by atoms with Gasteiger partial charge in [-0.3, -0.25) is 0 Å². The zero-order valence-corrected chi connectivity index (χ0v) is 9.97. The zero-order chi connectivity index (χ0) is 11.3. The molecule has 0 saturated heterocycles. The average molecular weight is 226 g/mol. The third-order valence-corrected chi connectivity index (χ3v) is 2.93. The second-order valence-corrected chi connectivity index (χ2v) is 4.77. The normalized spacial score (nSPS) is 14.6. The maximum Gasteiger partial charge on any atom is 0.0880 e. The molecule has 0 aliphatic heterocycles. The molecule has 0 aliphatic rings. The number of hydrogen-bond donors (Lipinski definition) is 3. The summed E-state index contributed by atoms with van der Waals surface area (Å²) in [4.78, 5) is 0. The molecular formula is C11H18N2OS. The first-order chi connectivity index (χ1) is 7.03. The first-order valence-corrected chi connectivity index (χ1v) is 6.24. The predicted octanol–water partition coefficient (Wildman–Crippen LogP) is 1.79. The van der Waals surface area contributed by atoms with Crippen LogP contribution in [-0.4, -0.2) is 29.3 Å². The molecular weight excluding hydrogens is 208 g/mol. The summed E-state index contributed by atoms with van der Waals surface area (Å²) in [5.41, 5.74) is 6.63. The summed E-state index contributed by atoms with van der Waals surface area (Å²) in [7, 11) is 0. The fraction of sp³-hybridized carbons (Fsp3) is 0.455. The number of aliphatic hydroxyl groups is 1. The van der Waals surface area contributed by atoms with E-state index < -0.39 is 5.60 Å². The number of thioether (sulfide) groups is 1. The number of nitrogen functional groups attached to an aromatic ring is 1. The smallest absolute Gasteiger partial charge is 0.0880 e.